The smallest absolute Gasteiger partial charge is 0.0697 e. The van der Waals surface area contributed by atoms with Crippen molar-refractivity contribution in [3.8, 4) is 6.07 Å². The molecule has 0 fully saturated rings. The first-order valence-corrected chi connectivity index (χ1v) is 7.51. The molecule has 0 aromatic rings. The van der Waals surface area contributed by atoms with E-state index < -0.39 is 0 Å². The quantitative estimate of drug-likeness (QED) is 0.330. The molecule has 0 saturated carbocycles. The Hall–Kier alpha value is -0.0517. The van der Waals surface area contributed by atoms with Gasteiger partial charge in [0.1, 0.15) is 0 Å². The second kappa shape index (κ2) is 25.0. The van der Waals surface area contributed by atoms with Gasteiger partial charge in [-0.1, -0.05) is 12.2 Å². The zero-order valence-corrected chi connectivity index (χ0v) is 15.4. The maximum absolute atomic E-state index is 8.44. The third kappa shape index (κ3) is 31.4. The van der Waals surface area contributed by atoms with E-state index in [0.717, 1.165) is 12.8 Å². The van der Waals surface area contributed by atoms with Crippen LogP contribution in [0.2, 0.25) is 0 Å². The molecule has 0 unspecified atom stereocenters. The molecule has 0 N–H and O–H groups in total. The van der Waals surface area contributed by atoms with E-state index in [2.05, 4.69) is 26.1 Å². The van der Waals surface area contributed by atoms with Crippen LogP contribution in [0.15, 0.2) is 12.2 Å². The van der Waals surface area contributed by atoms with Crippen molar-refractivity contribution < 1.29 is 22.4 Å². The van der Waals surface area contributed by atoms with E-state index in [4.69, 9.17) is 17.1 Å². The molecule has 2 atom stereocenters. The van der Waals surface area contributed by atoms with Gasteiger partial charge in [-0.2, -0.15) is 5.26 Å². The fraction of sp³-hybridized carbons (Fsp3) is 0.583. The Morgan fingerprint density at radius 2 is 1.82 bits per heavy atom. The first-order valence-electron chi connectivity index (χ1n) is 5.09. The van der Waals surface area contributed by atoms with Gasteiger partial charge < -0.3 is 25.4 Å². The van der Waals surface area contributed by atoms with Crippen molar-refractivity contribution >= 4 is 7.92 Å². The van der Waals surface area contributed by atoms with E-state index in [9.17, 15) is 0 Å². The second-order valence-corrected chi connectivity index (χ2v) is 6.40. The number of hydrogen-bond acceptors (Lipinski definition) is 2. The fourth-order valence-electron chi connectivity index (χ4n) is 0.789. The van der Waals surface area contributed by atoms with Crippen LogP contribution in [0.3, 0.4) is 0 Å². The molecule has 1 rings (SSSR count). The predicted octanol–water partition coefficient (Wildman–Crippen LogP) is 4.18. The van der Waals surface area contributed by atoms with Crippen LogP contribution in [-0.2, 0) is 21.1 Å². The zero-order valence-electron chi connectivity index (χ0n) is 12.4. The summed E-state index contributed by atoms with van der Waals surface area (Å²) in [5.41, 5.74) is 5.75. The average Bonchev–Trinajstić information content (AvgIpc) is 2.21. The number of nitroso groups, excluding NO2 is 1. The van der Waals surface area contributed by atoms with E-state index in [1.54, 1.807) is 0 Å². The predicted molar refractivity (Wildman–Crippen MR) is 77.7 cm³/mol. The molecule has 0 saturated heterocycles. The Labute approximate surface area is 124 Å². The number of hydrogen-bond donors (Lipinski definition) is 0. The van der Waals surface area contributed by atoms with Crippen LogP contribution in [-0.4, -0.2) is 20.0 Å². The van der Waals surface area contributed by atoms with Crippen LogP contribution < -0.4 is 0 Å². The van der Waals surface area contributed by atoms with Gasteiger partial charge in [0, 0.05) is 42.4 Å². The largest absolute Gasteiger partial charge is 0.577 e. The summed E-state index contributed by atoms with van der Waals surface area (Å²) in [5, 5.41) is 8.44. The van der Waals surface area contributed by atoms with Gasteiger partial charge in [-0.25, -0.2) is 0 Å². The summed E-state index contributed by atoms with van der Waals surface area (Å²) in [6, 6.07) is 2.08. The summed E-state index contributed by atoms with van der Waals surface area (Å²) in [6.45, 7) is 6.81. The van der Waals surface area contributed by atoms with Crippen LogP contribution in [0.1, 0.15) is 20.6 Å². The van der Waals surface area contributed by atoms with Crippen molar-refractivity contribution in [1.82, 2.24) is 0 Å². The third-order valence-corrected chi connectivity index (χ3v) is 1.25. The maximum Gasteiger partial charge on any atom is 0.0697 e. The Balaban J connectivity index is -0.0000000553. The van der Waals surface area contributed by atoms with E-state index >= 15 is 0 Å². The van der Waals surface area contributed by atoms with E-state index in [1.807, 2.05) is 12.2 Å². The topological polar surface area (TPSA) is 63.2 Å². The van der Waals surface area contributed by atoms with Gasteiger partial charge in [0.15, 0.2) is 0 Å². The normalized spacial score (nSPS) is 20.3. The molecule has 0 aromatic carbocycles. The first kappa shape index (κ1) is 25.7. The average molecular weight is 429 g/mol. The molecule has 1 aliphatic rings. The number of rotatable bonds is 0. The monoisotopic (exact) mass is 429 g/mol. The second-order valence-electron chi connectivity index (χ2n) is 3.40. The standard InChI is InChI=1S/C7H9N.C3H9P.2CH3.NO.W/c8-6-7-4-2-1-3-5-7;1-4(2)3;;;1-2;/h2,4,7H,1,3,5H2;1-3H3;2*1H3;;/q;;3*-1;/p+1/t7-;;;;;/m0...../s1/i5D;;;;;/t5-,7+;;;;;/m1...... The Morgan fingerprint density at radius 1 is 1.41 bits per heavy atom. The molecule has 0 bridgehead atoms. The van der Waals surface area contributed by atoms with Gasteiger partial charge in [-0.05, 0) is 27.2 Å². The van der Waals surface area contributed by atoms with Gasteiger partial charge >= 0.3 is 0 Å². The molecular weight excluding hydrogens is 403 g/mol. The molecule has 0 aliphatic heterocycles. The minimum Gasteiger partial charge on any atom is -0.577 e. The van der Waals surface area contributed by atoms with Gasteiger partial charge in [0.25, 0.3) is 0 Å². The molecule has 3 nitrogen and oxygen atoms in total. The molecule has 0 heterocycles. The molecular formula is C12H25N2OPW-2. The van der Waals surface area contributed by atoms with Gasteiger partial charge in [-0.3, -0.25) is 0 Å². The summed E-state index contributed by atoms with van der Waals surface area (Å²) >= 11 is 0. The van der Waals surface area contributed by atoms with Crippen LogP contribution in [0.5, 0.6) is 0 Å². The van der Waals surface area contributed by atoms with Crippen LogP contribution in [0.4, 0.5) is 0 Å². The summed E-state index contributed by atoms with van der Waals surface area (Å²) in [7, 11) is 0.120. The number of nitriles is 1. The third-order valence-electron chi connectivity index (χ3n) is 1.25. The van der Waals surface area contributed by atoms with Gasteiger partial charge in [0.05, 0.1) is 12.0 Å². The molecule has 1 aliphatic carbocycles. The van der Waals surface area contributed by atoms with Crippen molar-refractivity contribution in [2.45, 2.75) is 19.2 Å². The maximum atomic E-state index is 8.44. The molecule has 0 radical (unpaired) electrons. The Morgan fingerprint density at radius 3 is 2.06 bits per heavy atom. The summed E-state index contributed by atoms with van der Waals surface area (Å²) in [5.74, 6) is -0.154. The van der Waals surface area contributed by atoms with Crippen molar-refractivity contribution in [3.05, 3.63) is 37.5 Å². The zero-order chi connectivity index (χ0) is 12.3. The first-order chi connectivity index (χ1) is 7.07. The number of allylic oxidation sites excluding steroid dienone is 2. The van der Waals surface area contributed by atoms with Crippen molar-refractivity contribution in [1.29, 1.82) is 5.26 Å². The van der Waals surface area contributed by atoms with Crippen molar-refractivity contribution in [3.63, 3.8) is 0 Å². The Bertz CT molecular complexity index is 220. The molecule has 17 heavy (non-hydrogen) atoms. The summed E-state index contributed by atoms with van der Waals surface area (Å²) in [6.07, 6.45) is 5.45. The summed E-state index contributed by atoms with van der Waals surface area (Å²) < 4.78 is 7.36. The van der Waals surface area contributed by atoms with Crippen molar-refractivity contribution in [2.24, 2.45) is 5.92 Å². The van der Waals surface area contributed by atoms with Crippen LogP contribution in [0.25, 0.3) is 5.59 Å². The van der Waals surface area contributed by atoms with E-state index in [1.165, 1.54) is 0 Å². The molecule has 0 spiro atoms. The SMILES string of the molecule is C[PH+](C)C.[2H][C@@H]1CCC=C[C@@H]1C#N.[CH3-].[CH3-].[N-]=O.[W]. The number of nitrogens with zero attached hydrogens (tertiary/aromatic N) is 2. The Kier molecular flexibility index (Phi) is 37.8. The molecule has 5 heteroatoms. The molecule has 0 aromatic heterocycles. The minimum atomic E-state index is -0.181. The van der Waals surface area contributed by atoms with Gasteiger partial charge in [-0.15, -0.1) is 0 Å². The van der Waals surface area contributed by atoms with Crippen molar-refractivity contribution in [2.75, 3.05) is 20.0 Å². The van der Waals surface area contributed by atoms with E-state index in [0.29, 0.717) is 0 Å². The minimum absolute atomic E-state index is 0. The van der Waals surface area contributed by atoms with Crippen LogP contribution in [0, 0.1) is 37.0 Å². The summed E-state index contributed by atoms with van der Waals surface area (Å²) in [4.78, 5) is 7.25. The van der Waals surface area contributed by atoms with E-state index in [-0.39, 0.29) is 56.2 Å². The molecule has 0 amide bonds. The van der Waals surface area contributed by atoms with Gasteiger partial charge in [0.2, 0.25) is 0 Å². The molecule has 102 valence electrons. The fourth-order valence-corrected chi connectivity index (χ4v) is 0.789. The van der Waals surface area contributed by atoms with Crippen LogP contribution >= 0.6 is 7.92 Å².